The fourth-order valence-electron chi connectivity index (χ4n) is 3.97. The largest absolute Gasteiger partial charge is 0.370 e. The van der Waals surface area contributed by atoms with E-state index < -0.39 is 0 Å². The molecular weight excluding hydrogens is 368 g/mol. The Bertz CT molecular complexity index is 775. The van der Waals surface area contributed by atoms with Crippen LogP contribution in [-0.2, 0) is 9.53 Å². The van der Waals surface area contributed by atoms with Crippen LogP contribution in [-0.4, -0.2) is 44.0 Å². The summed E-state index contributed by atoms with van der Waals surface area (Å²) in [4.78, 5) is 15.3. The van der Waals surface area contributed by atoms with Crippen molar-refractivity contribution in [2.75, 3.05) is 32.1 Å². The van der Waals surface area contributed by atoms with Crippen molar-refractivity contribution in [2.45, 2.75) is 37.8 Å². The van der Waals surface area contributed by atoms with Crippen molar-refractivity contribution in [1.82, 2.24) is 5.32 Å². The van der Waals surface area contributed by atoms with E-state index in [-0.39, 0.29) is 18.0 Å². The van der Waals surface area contributed by atoms with Crippen molar-refractivity contribution < 1.29 is 14.4 Å². The zero-order valence-electron chi connectivity index (χ0n) is 17.0. The molecule has 1 saturated heterocycles. The van der Waals surface area contributed by atoms with Gasteiger partial charge in [0.25, 0.3) is 0 Å². The predicted octanol–water partition coefficient (Wildman–Crippen LogP) is 2.56. The Morgan fingerprint density at radius 1 is 1.14 bits per heavy atom. The van der Waals surface area contributed by atoms with Crippen LogP contribution in [0.5, 0.6) is 0 Å². The molecule has 150 valence electrons. The van der Waals surface area contributed by atoms with Gasteiger partial charge in [-0.3, -0.25) is 4.79 Å². The number of carbonyl (C=O) groups is 1. The van der Waals surface area contributed by atoms with E-state index in [4.69, 9.17) is 4.74 Å². The van der Waals surface area contributed by atoms with Crippen LogP contribution in [0.1, 0.15) is 29.7 Å². The average Bonchev–Trinajstić information content (AvgIpc) is 2.69. The molecule has 1 fully saturated rings. The number of quaternary nitrogens is 1. The zero-order chi connectivity index (χ0) is 19.9. The molecule has 0 aliphatic carbocycles. The molecule has 5 heteroatoms. The van der Waals surface area contributed by atoms with Gasteiger partial charge < -0.3 is 15.0 Å². The molecule has 0 saturated carbocycles. The van der Waals surface area contributed by atoms with Crippen molar-refractivity contribution in [3.05, 3.63) is 65.2 Å². The number of thioether (sulfide) groups is 1. The van der Waals surface area contributed by atoms with Crippen LogP contribution in [0.4, 0.5) is 0 Å². The lowest BCUT2D eigenvalue weighted by atomic mass is 9.98. The van der Waals surface area contributed by atoms with E-state index in [0.717, 1.165) is 26.3 Å². The molecular formula is C23H31N2O2S+. The predicted molar refractivity (Wildman–Crippen MR) is 115 cm³/mol. The summed E-state index contributed by atoms with van der Waals surface area (Å²) >= 11 is 1.61. The molecule has 0 unspecified atom stereocenters. The smallest absolute Gasteiger partial charge is 0.230 e. The Balaban J connectivity index is 1.63. The Kier molecular flexibility index (Phi) is 7.54. The van der Waals surface area contributed by atoms with Crippen LogP contribution in [0, 0.1) is 13.8 Å². The first kappa shape index (κ1) is 20.9. The van der Waals surface area contributed by atoms with Gasteiger partial charge in [-0.25, -0.2) is 0 Å². The van der Waals surface area contributed by atoms with E-state index in [9.17, 15) is 4.79 Å². The zero-order valence-corrected chi connectivity index (χ0v) is 17.9. The summed E-state index contributed by atoms with van der Waals surface area (Å²) in [7, 11) is 0. The van der Waals surface area contributed by atoms with Crippen molar-refractivity contribution in [1.29, 1.82) is 0 Å². The highest BCUT2D eigenvalue weighted by molar-refractivity contribution is 8.00. The molecule has 1 aliphatic rings. The van der Waals surface area contributed by atoms with Gasteiger partial charge in [0.2, 0.25) is 5.91 Å². The number of amides is 1. The molecule has 0 spiro atoms. The summed E-state index contributed by atoms with van der Waals surface area (Å²) < 4.78 is 5.54. The third-order valence-corrected chi connectivity index (χ3v) is 6.49. The quantitative estimate of drug-likeness (QED) is 0.703. The summed E-state index contributed by atoms with van der Waals surface area (Å²) in [5.74, 6) is 0.528. The molecule has 0 bridgehead atoms. The van der Waals surface area contributed by atoms with Crippen LogP contribution >= 0.6 is 11.8 Å². The number of morpholine rings is 1. The van der Waals surface area contributed by atoms with E-state index in [0.29, 0.717) is 5.75 Å². The highest BCUT2D eigenvalue weighted by atomic mass is 32.2. The number of hydrogen-bond acceptors (Lipinski definition) is 3. The van der Waals surface area contributed by atoms with Gasteiger partial charge in [-0.15, -0.1) is 11.8 Å². The molecule has 2 atom stereocenters. The van der Waals surface area contributed by atoms with E-state index in [1.165, 1.54) is 26.5 Å². The Morgan fingerprint density at radius 2 is 1.86 bits per heavy atom. The molecule has 3 rings (SSSR count). The molecule has 0 aromatic heterocycles. The highest BCUT2D eigenvalue weighted by Gasteiger charge is 2.32. The number of nitrogens with one attached hydrogen (secondary N) is 2. The summed E-state index contributed by atoms with van der Waals surface area (Å²) in [6.45, 7) is 9.81. The minimum Gasteiger partial charge on any atom is -0.370 e. The van der Waals surface area contributed by atoms with Gasteiger partial charge in [-0.1, -0.05) is 48.0 Å². The molecule has 0 radical (unpaired) electrons. The molecule has 2 aromatic carbocycles. The summed E-state index contributed by atoms with van der Waals surface area (Å²) in [6.07, 6.45) is 0. The second-order valence-corrected chi connectivity index (χ2v) is 8.59. The maximum absolute atomic E-state index is 12.7. The molecule has 2 aromatic rings. The first-order valence-electron chi connectivity index (χ1n) is 10.0. The summed E-state index contributed by atoms with van der Waals surface area (Å²) in [5, 5.41) is 3.26. The molecule has 28 heavy (non-hydrogen) atoms. The fraction of sp³-hybridized carbons (Fsp3) is 0.435. The summed E-state index contributed by atoms with van der Waals surface area (Å²) in [5.41, 5.74) is 3.75. The van der Waals surface area contributed by atoms with Gasteiger partial charge >= 0.3 is 0 Å². The second kappa shape index (κ2) is 10.1. The minimum absolute atomic E-state index is 0.0581. The number of rotatable bonds is 7. The molecule has 1 amide bonds. The van der Waals surface area contributed by atoms with Gasteiger partial charge in [-0.05, 0) is 32.4 Å². The Labute approximate surface area is 172 Å². The Hall–Kier alpha value is -1.82. The summed E-state index contributed by atoms with van der Waals surface area (Å²) in [6, 6.07) is 17.2. The molecule has 1 heterocycles. The topological polar surface area (TPSA) is 42.8 Å². The third-order valence-electron chi connectivity index (χ3n) is 5.31. The van der Waals surface area contributed by atoms with Gasteiger partial charge in [0.15, 0.2) is 0 Å². The Morgan fingerprint density at radius 3 is 2.54 bits per heavy atom. The van der Waals surface area contributed by atoms with Crippen LogP contribution < -0.4 is 10.2 Å². The molecule has 1 aliphatic heterocycles. The lowest BCUT2D eigenvalue weighted by Gasteiger charge is -2.35. The first-order valence-corrected chi connectivity index (χ1v) is 11.0. The number of hydrogen-bond donors (Lipinski definition) is 2. The van der Waals surface area contributed by atoms with Crippen molar-refractivity contribution >= 4 is 17.7 Å². The first-order chi connectivity index (χ1) is 13.5. The normalized spacial score (nSPS) is 17.1. The van der Waals surface area contributed by atoms with E-state index >= 15 is 0 Å². The van der Waals surface area contributed by atoms with Gasteiger partial charge in [0.05, 0.1) is 25.0 Å². The van der Waals surface area contributed by atoms with Crippen molar-refractivity contribution in [2.24, 2.45) is 0 Å². The van der Waals surface area contributed by atoms with Gasteiger partial charge in [-0.2, -0.15) is 0 Å². The van der Waals surface area contributed by atoms with E-state index in [1.807, 2.05) is 6.07 Å². The standard InChI is InChI=1S/C23H30N2O2S/c1-17-9-10-21(18(2)15-17)28-16-22(26)24-19(3)23(20-7-5-4-6-8-20)25-11-13-27-14-12-25/h4-10,15,19,23H,11-14,16H2,1-3H3,(H,24,26)/p+1/t19-,23-/m1/s1. The maximum atomic E-state index is 12.7. The second-order valence-electron chi connectivity index (χ2n) is 7.57. The SMILES string of the molecule is Cc1ccc(SCC(=O)N[C@H](C)[C@H](c2ccccc2)[NH+]2CCOCC2)c(C)c1. The highest BCUT2D eigenvalue weighted by Crippen LogP contribution is 2.23. The molecule has 4 nitrogen and oxygen atoms in total. The van der Waals surface area contributed by atoms with E-state index in [2.05, 4.69) is 68.6 Å². The minimum atomic E-state index is 0.0581. The number of carbonyl (C=O) groups excluding carboxylic acids is 1. The molecule has 2 N–H and O–H groups in total. The maximum Gasteiger partial charge on any atom is 0.230 e. The fourth-order valence-corrected chi connectivity index (χ4v) is 4.79. The van der Waals surface area contributed by atoms with Crippen molar-refractivity contribution in [3.63, 3.8) is 0 Å². The lowest BCUT2D eigenvalue weighted by Crippen LogP contribution is -3.15. The van der Waals surface area contributed by atoms with E-state index in [1.54, 1.807) is 11.8 Å². The van der Waals surface area contributed by atoms with Crippen LogP contribution in [0.15, 0.2) is 53.4 Å². The van der Waals surface area contributed by atoms with Crippen LogP contribution in [0.3, 0.4) is 0 Å². The van der Waals surface area contributed by atoms with Gasteiger partial charge in [0, 0.05) is 10.5 Å². The lowest BCUT2D eigenvalue weighted by molar-refractivity contribution is -0.940. The number of ether oxygens (including phenoxy) is 1. The number of benzene rings is 2. The van der Waals surface area contributed by atoms with Crippen molar-refractivity contribution in [3.8, 4) is 0 Å². The van der Waals surface area contributed by atoms with Crippen LogP contribution in [0.25, 0.3) is 0 Å². The third kappa shape index (κ3) is 5.60. The monoisotopic (exact) mass is 399 g/mol. The number of aryl methyl sites for hydroxylation is 2. The van der Waals surface area contributed by atoms with Gasteiger partial charge in [0.1, 0.15) is 19.1 Å². The average molecular weight is 400 g/mol. The van der Waals surface area contributed by atoms with Crippen LogP contribution in [0.2, 0.25) is 0 Å².